The van der Waals surface area contributed by atoms with Crippen LogP contribution in [0.3, 0.4) is 0 Å². The molecule has 0 aliphatic carbocycles. The lowest BCUT2D eigenvalue weighted by Gasteiger charge is -2.11. The second-order valence-electron chi connectivity index (χ2n) is 4.32. The number of aryl methyl sites for hydroxylation is 1. The van der Waals surface area contributed by atoms with E-state index in [1.165, 1.54) is 22.9 Å². The number of halogens is 2. The predicted octanol–water partition coefficient (Wildman–Crippen LogP) is 1.52. The monoisotopic (exact) mass is 402 g/mol. The number of nitrogens with one attached hydrogen (secondary N) is 1. The third kappa shape index (κ3) is 3.57. The second-order valence-corrected chi connectivity index (χ2v) is 5.49. The van der Waals surface area contributed by atoms with Crippen LogP contribution < -0.4 is 16.6 Å². The van der Waals surface area contributed by atoms with Gasteiger partial charge in [-0.15, -0.1) is 0 Å². The summed E-state index contributed by atoms with van der Waals surface area (Å²) in [4.78, 5) is 28.0. The molecule has 0 radical (unpaired) electrons. The van der Waals surface area contributed by atoms with E-state index in [4.69, 9.17) is 5.73 Å². The SMILES string of the molecule is Cc1ncc(I)c(=O)n1CC(=O)Nc1ccc(F)cc1N. The largest absolute Gasteiger partial charge is 0.397 e. The first-order valence-electron chi connectivity index (χ1n) is 5.95. The lowest BCUT2D eigenvalue weighted by molar-refractivity contribution is -0.116. The quantitative estimate of drug-likeness (QED) is 0.602. The Hall–Kier alpha value is -1.97. The van der Waals surface area contributed by atoms with E-state index in [2.05, 4.69) is 10.3 Å². The fraction of sp³-hybridized carbons (Fsp3) is 0.154. The fourth-order valence-corrected chi connectivity index (χ4v) is 2.15. The van der Waals surface area contributed by atoms with Crippen LogP contribution in [0, 0.1) is 16.3 Å². The average molecular weight is 402 g/mol. The molecular formula is C13H12FIN4O2. The Bertz CT molecular complexity index is 760. The van der Waals surface area contributed by atoms with Crippen molar-refractivity contribution in [2.45, 2.75) is 13.5 Å². The van der Waals surface area contributed by atoms with Gasteiger partial charge in [0.15, 0.2) is 0 Å². The molecule has 1 aromatic carbocycles. The zero-order valence-electron chi connectivity index (χ0n) is 11.1. The van der Waals surface area contributed by atoms with E-state index in [-0.39, 0.29) is 17.8 Å². The van der Waals surface area contributed by atoms with Crippen LogP contribution in [0.15, 0.2) is 29.2 Å². The van der Waals surface area contributed by atoms with Crippen molar-refractivity contribution < 1.29 is 9.18 Å². The van der Waals surface area contributed by atoms with Crippen molar-refractivity contribution in [1.29, 1.82) is 0 Å². The van der Waals surface area contributed by atoms with E-state index in [0.717, 1.165) is 6.07 Å². The molecule has 3 N–H and O–H groups in total. The number of nitrogens with two attached hydrogens (primary N) is 1. The minimum Gasteiger partial charge on any atom is -0.397 e. The summed E-state index contributed by atoms with van der Waals surface area (Å²) in [6.45, 7) is 1.45. The predicted molar refractivity (Wildman–Crippen MR) is 85.4 cm³/mol. The number of nitrogens with zero attached hydrogens (tertiary/aromatic N) is 2. The molecule has 0 unspecified atom stereocenters. The van der Waals surface area contributed by atoms with Crippen molar-refractivity contribution in [1.82, 2.24) is 9.55 Å². The van der Waals surface area contributed by atoms with Gasteiger partial charge in [0.1, 0.15) is 18.2 Å². The zero-order chi connectivity index (χ0) is 15.6. The van der Waals surface area contributed by atoms with E-state index < -0.39 is 11.7 Å². The van der Waals surface area contributed by atoms with Crippen LogP contribution in [0.5, 0.6) is 0 Å². The molecule has 0 bridgehead atoms. The Balaban J connectivity index is 2.20. The van der Waals surface area contributed by atoms with Crippen LogP contribution in [0.2, 0.25) is 0 Å². The normalized spacial score (nSPS) is 10.4. The van der Waals surface area contributed by atoms with Crippen LogP contribution >= 0.6 is 22.6 Å². The van der Waals surface area contributed by atoms with E-state index in [1.807, 2.05) is 22.6 Å². The first kappa shape index (κ1) is 15.4. The molecule has 6 nitrogen and oxygen atoms in total. The summed E-state index contributed by atoms with van der Waals surface area (Å²) in [5.41, 5.74) is 5.74. The summed E-state index contributed by atoms with van der Waals surface area (Å²) < 4.78 is 14.6. The molecule has 1 aromatic heterocycles. The van der Waals surface area contributed by atoms with Gasteiger partial charge in [0, 0.05) is 6.20 Å². The number of carbonyl (C=O) groups excluding carboxylic acids is 1. The number of nitrogen functional groups attached to an aromatic ring is 1. The van der Waals surface area contributed by atoms with Gasteiger partial charge in [-0.05, 0) is 47.7 Å². The Morgan fingerprint density at radius 1 is 1.52 bits per heavy atom. The maximum atomic E-state index is 12.9. The first-order chi connectivity index (χ1) is 9.88. The number of anilines is 2. The van der Waals surface area contributed by atoms with Gasteiger partial charge in [0.2, 0.25) is 5.91 Å². The van der Waals surface area contributed by atoms with Crippen molar-refractivity contribution in [3.63, 3.8) is 0 Å². The number of benzene rings is 1. The molecule has 0 atom stereocenters. The number of rotatable bonds is 3. The van der Waals surface area contributed by atoms with Gasteiger partial charge in [0.05, 0.1) is 14.9 Å². The Kier molecular flexibility index (Phi) is 4.56. The molecule has 0 spiro atoms. The summed E-state index contributed by atoms with van der Waals surface area (Å²) >= 11 is 1.86. The Labute approximate surface area is 133 Å². The summed E-state index contributed by atoms with van der Waals surface area (Å²) in [7, 11) is 0. The van der Waals surface area contributed by atoms with Crippen molar-refractivity contribution in [2.75, 3.05) is 11.1 Å². The first-order valence-corrected chi connectivity index (χ1v) is 7.03. The molecule has 0 saturated heterocycles. The third-order valence-electron chi connectivity index (χ3n) is 2.79. The minimum atomic E-state index is -0.487. The molecule has 0 aliphatic heterocycles. The van der Waals surface area contributed by atoms with Gasteiger partial charge < -0.3 is 11.1 Å². The highest BCUT2D eigenvalue weighted by atomic mass is 127. The Morgan fingerprint density at radius 3 is 2.90 bits per heavy atom. The molecule has 0 aliphatic rings. The highest BCUT2D eigenvalue weighted by Gasteiger charge is 2.11. The van der Waals surface area contributed by atoms with Crippen molar-refractivity contribution >= 4 is 39.9 Å². The standard InChI is InChI=1S/C13H12FIN4O2/c1-7-17-5-9(15)13(21)19(7)6-12(20)18-11-3-2-8(14)4-10(11)16/h2-5H,6,16H2,1H3,(H,18,20). The number of aromatic nitrogens is 2. The average Bonchev–Trinajstić information content (AvgIpc) is 2.42. The number of amides is 1. The third-order valence-corrected chi connectivity index (χ3v) is 3.53. The van der Waals surface area contributed by atoms with Crippen LogP contribution in [-0.4, -0.2) is 15.5 Å². The molecule has 0 fully saturated rings. The number of hydrogen-bond acceptors (Lipinski definition) is 4. The highest BCUT2D eigenvalue weighted by molar-refractivity contribution is 14.1. The minimum absolute atomic E-state index is 0.119. The maximum absolute atomic E-state index is 12.9. The van der Waals surface area contributed by atoms with Crippen LogP contribution in [0.1, 0.15) is 5.82 Å². The molecule has 21 heavy (non-hydrogen) atoms. The van der Waals surface area contributed by atoms with Crippen LogP contribution in [-0.2, 0) is 11.3 Å². The number of hydrogen-bond donors (Lipinski definition) is 2. The second kappa shape index (κ2) is 6.20. The maximum Gasteiger partial charge on any atom is 0.267 e. The molecule has 8 heteroatoms. The van der Waals surface area contributed by atoms with Gasteiger partial charge in [-0.2, -0.15) is 0 Å². The molecule has 2 aromatic rings. The van der Waals surface area contributed by atoms with E-state index in [0.29, 0.717) is 15.1 Å². The van der Waals surface area contributed by atoms with Gasteiger partial charge in [-0.3, -0.25) is 14.2 Å². The molecule has 2 rings (SSSR count). The zero-order valence-corrected chi connectivity index (χ0v) is 13.2. The highest BCUT2D eigenvalue weighted by Crippen LogP contribution is 2.18. The molecule has 0 saturated carbocycles. The van der Waals surface area contributed by atoms with Crippen LogP contribution in [0.25, 0.3) is 0 Å². The topological polar surface area (TPSA) is 90.0 Å². The van der Waals surface area contributed by atoms with Gasteiger partial charge in [0.25, 0.3) is 5.56 Å². The summed E-state index contributed by atoms with van der Waals surface area (Å²) in [5, 5.41) is 2.54. The van der Waals surface area contributed by atoms with Crippen molar-refractivity contribution in [3.05, 3.63) is 50.0 Å². The Morgan fingerprint density at radius 2 is 2.24 bits per heavy atom. The van der Waals surface area contributed by atoms with Gasteiger partial charge in [-0.25, -0.2) is 9.37 Å². The smallest absolute Gasteiger partial charge is 0.267 e. The number of carbonyl (C=O) groups is 1. The van der Waals surface area contributed by atoms with Gasteiger partial charge >= 0.3 is 0 Å². The lowest BCUT2D eigenvalue weighted by atomic mass is 10.2. The van der Waals surface area contributed by atoms with E-state index >= 15 is 0 Å². The van der Waals surface area contributed by atoms with E-state index in [1.54, 1.807) is 6.92 Å². The lowest BCUT2D eigenvalue weighted by Crippen LogP contribution is -2.31. The molecular weight excluding hydrogens is 390 g/mol. The molecule has 1 amide bonds. The summed E-state index contributed by atoms with van der Waals surface area (Å²) in [5.74, 6) is -0.496. The van der Waals surface area contributed by atoms with Crippen LogP contribution in [0.4, 0.5) is 15.8 Å². The summed E-state index contributed by atoms with van der Waals surface area (Å²) in [6.07, 6.45) is 1.45. The van der Waals surface area contributed by atoms with Gasteiger partial charge in [-0.1, -0.05) is 0 Å². The van der Waals surface area contributed by atoms with Crippen molar-refractivity contribution in [3.8, 4) is 0 Å². The van der Waals surface area contributed by atoms with Crippen molar-refractivity contribution in [2.24, 2.45) is 0 Å². The molecule has 110 valence electrons. The molecule has 1 heterocycles. The fourth-order valence-electron chi connectivity index (χ4n) is 1.72. The summed E-state index contributed by atoms with van der Waals surface area (Å²) in [6, 6.07) is 3.67. The van der Waals surface area contributed by atoms with E-state index in [9.17, 15) is 14.0 Å².